The number of allylic oxidation sites excluding steroid dienone is 1. The van der Waals surface area contributed by atoms with Gasteiger partial charge in [-0.2, -0.15) is 0 Å². The zero-order chi connectivity index (χ0) is 25.3. The van der Waals surface area contributed by atoms with Crippen LogP contribution in [-0.4, -0.2) is 85.3 Å². The standard InChI is InChI=1S/C27H41N7O2/c1-19-18-29-11-6-12-34(19)23-17-22(33-15-13-32(2)14-16-33)30-26(31-23)24(28)20-7-5-10-27(25(20)36)9-4-3-8-21(27)35/h17,19,29H,3-16,18,28H2,1-2H3/t19-,27+/m0/s1. The molecular formula is C27H41N7O2. The second-order valence-electron chi connectivity index (χ2n) is 11.1. The molecule has 2 saturated heterocycles. The number of likely N-dealkylation sites (N-methyl/N-ethyl adjacent to an activating group) is 1. The number of nitrogens with zero attached hydrogens (tertiary/aromatic N) is 5. The third-order valence-corrected chi connectivity index (χ3v) is 8.64. The minimum atomic E-state index is -0.876. The minimum absolute atomic E-state index is 0.0709. The zero-order valence-corrected chi connectivity index (χ0v) is 21.9. The van der Waals surface area contributed by atoms with Gasteiger partial charge in [-0.15, -0.1) is 0 Å². The van der Waals surface area contributed by atoms with E-state index in [0.29, 0.717) is 42.8 Å². The normalized spacial score (nSPS) is 30.0. The molecule has 1 spiro atoms. The molecule has 9 heteroatoms. The van der Waals surface area contributed by atoms with Crippen LogP contribution in [0.25, 0.3) is 5.70 Å². The molecule has 2 aliphatic carbocycles. The summed E-state index contributed by atoms with van der Waals surface area (Å²) in [6, 6.07) is 2.37. The molecule has 4 fully saturated rings. The van der Waals surface area contributed by atoms with E-state index in [9.17, 15) is 9.59 Å². The molecule has 9 nitrogen and oxygen atoms in total. The summed E-state index contributed by atoms with van der Waals surface area (Å²) in [6.07, 6.45) is 6.01. The second-order valence-corrected chi connectivity index (χ2v) is 11.1. The monoisotopic (exact) mass is 495 g/mol. The fraction of sp³-hybridized carbons (Fsp3) is 0.704. The summed E-state index contributed by atoms with van der Waals surface area (Å²) >= 11 is 0. The summed E-state index contributed by atoms with van der Waals surface area (Å²) in [5.41, 5.74) is 6.78. The fourth-order valence-corrected chi connectivity index (χ4v) is 6.31. The van der Waals surface area contributed by atoms with Crippen LogP contribution in [0.3, 0.4) is 0 Å². The van der Waals surface area contributed by atoms with Crippen molar-refractivity contribution in [2.24, 2.45) is 11.1 Å². The number of aromatic nitrogens is 2. The number of hydrogen-bond donors (Lipinski definition) is 2. The van der Waals surface area contributed by atoms with Crippen molar-refractivity contribution >= 4 is 28.9 Å². The third-order valence-electron chi connectivity index (χ3n) is 8.64. The van der Waals surface area contributed by atoms with Crippen molar-refractivity contribution < 1.29 is 9.59 Å². The van der Waals surface area contributed by atoms with E-state index in [1.807, 2.05) is 0 Å². The molecule has 0 bridgehead atoms. The number of rotatable bonds is 3. The molecule has 36 heavy (non-hydrogen) atoms. The lowest BCUT2D eigenvalue weighted by molar-refractivity contribution is -0.143. The molecule has 3 N–H and O–H groups in total. The number of anilines is 2. The highest BCUT2D eigenvalue weighted by Crippen LogP contribution is 2.45. The SMILES string of the molecule is C[C@H]1CNCCCN1c1cc(N2CCN(C)CC2)nc(C(N)=C2CCC[C@@]3(CCCCC3=O)C2=O)n1. The van der Waals surface area contributed by atoms with Gasteiger partial charge in [-0.25, -0.2) is 9.97 Å². The summed E-state index contributed by atoms with van der Waals surface area (Å²) < 4.78 is 0. The van der Waals surface area contributed by atoms with Crippen molar-refractivity contribution in [2.75, 3.05) is 62.7 Å². The quantitative estimate of drug-likeness (QED) is 0.481. The van der Waals surface area contributed by atoms with E-state index in [1.54, 1.807) is 0 Å². The minimum Gasteiger partial charge on any atom is -0.395 e. The molecule has 2 saturated carbocycles. The van der Waals surface area contributed by atoms with Crippen LogP contribution in [0.2, 0.25) is 0 Å². The van der Waals surface area contributed by atoms with Gasteiger partial charge < -0.3 is 25.8 Å². The molecule has 5 rings (SSSR count). The Bertz CT molecular complexity index is 1030. The summed E-state index contributed by atoms with van der Waals surface area (Å²) in [5.74, 6) is 2.18. The van der Waals surface area contributed by atoms with Gasteiger partial charge in [0.05, 0.1) is 11.1 Å². The molecule has 0 unspecified atom stereocenters. The van der Waals surface area contributed by atoms with Crippen molar-refractivity contribution in [3.63, 3.8) is 0 Å². The van der Waals surface area contributed by atoms with E-state index in [0.717, 1.165) is 83.1 Å². The fourth-order valence-electron chi connectivity index (χ4n) is 6.31. The maximum Gasteiger partial charge on any atom is 0.179 e. The van der Waals surface area contributed by atoms with Crippen molar-refractivity contribution in [1.29, 1.82) is 0 Å². The van der Waals surface area contributed by atoms with Crippen LogP contribution in [0.5, 0.6) is 0 Å². The highest BCUT2D eigenvalue weighted by Gasteiger charge is 2.49. The Hall–Kier alpha value is -2.52. The third kappa shape index (κ3) is 4.75. The van der Waals surface area contributed by atoms with Crippen LogP contribution in [0, 0.1) is 5.41 Å². The van der Waals surface area contributed by atoms with E-state index in [4.69, 9.17) is 15.7 Å². The highest BCUT2D eigenvalue weighted by molar-refractivity contribution is 6.17. The summed E-state index contributed by atoms with van der Waals surface area (Å²) in [7, 11) is 2.14. The summed E-state index contributed by atoms with van der Waals surface area (Å²) in [6.45, 7) is 8.70. The largest absolute Gasteiger partial charge is 0.395 e. The van der Waals surface area contributed by atoms with Gasteiger partial charge in [0.1, 0.15) is 17.4 Å². The van der Waals surface area contributed by atoms with Gasteiger partial charge in [0.15, 0.2) is 11.6 Å². The van der Waals surface area contributed by atoms with E-state index < -0.39 is 5.41 Å². The Labute approximate surface area is 214 Å². The Kier molecular flexibility index (Phi) is 7.30. The highest BCUT2D eigenvalue weighted by atomic mass is 16.2. The average Bonchev–Trinajstić information content (AvgIpc) is 3.11. The molecule has 2 atom stereocenters. The number of nitrogens with two attached hydrogens (primary N) is 1. The average molecular weight is 496 g/mol. The Morgan fingerprint density at radius 1 is 1.00 bits per heavy atom. The Morgan fingerprint density at radius 3 is 2.53 bits per heavy atom. The molecule has 0 aromatic carbocycles. The van der Waals surface area contributed by atoms with Crippen molar-refractivity contribution in [2.45, 2.75) is 64.3 Å². The van der Waals surface area contributed by atoms with Crippen LogP contribution in [0.15, 0.2) is 11.6 Å². The molecule has 0 amide bonds. The number of hydrogen-bond acceptors (Lipinski definition) is 9. The molecule has 4 aliphatic rings. The van der Waals surface area contributed by atoms with Gasteiger partial charge in [-0.05, 0) is 59.0 Å². The molecule has 3 heterocycles. The Balaban J connectivity index is 1.55. The van der Waals surface area contributed by atoms with Gasteiger partial charge >= 0.3 is 0 Å². The van der Waals surface area contributed by atoms with Crippen molar-refractivity contribution in [1.82, 2.24) is 20.2 Å². The van der Waals surface area contributed by atoms with Crippen LogP contribution in [0.1, 0.15) is 64.1 Å². The second kappa shape index (κ2) is 10.5. The first-order chi connectivity index (χ1) is 17.4. The molecular weight excluding hydrogens is 454 g/mol. The van der Waals surface area contributed by atoms with E-state index in [2.05, 4.69) is 40.1 Å². The molecule has 1 aromatic heterocycles. The lowest BCUT2D eigenvalue weighted by atomic mass is 9.62. The van der Waals surface area contributed by atoms with E-state index in [-0.39, 0.29) is 17.6 Å². The predicted octanol–water partition coefficient (Wildman–Crippen LogP) is 1.97. The number of carbonyl (C=O) groups excluding carboxylic acids is 2. The number of nitrogens with one attached hydrogen (secondary N) is 1. The zero-order valence-electron chi connectivity index (χ0n) is 21.9. The van der Waals surface area contributed by atoms with Gasteiger partial charge in [-0.1, -0.05) is 6.42 Å². The van der Waals surface area contributed by atoms with Gasteiger partial charge in [0.25, 0.3) is 0 Å². The first kappa shape index (κ1) is 25.1. The van der Waals surface area contributed by atoms with Crippen LogP contribution < -0.4 is 20.9 Å². The smallest absolute Gasteiger partial charge is 0.179 e. The molecule has 196 valence electrons. The topological polar surface area (TPSA) is 108 Å². The predicted molar refractivity (Wildman–Crippen MR) is 142 cm³/mol. The van der Waals surface area contributed by atoms with E-state index >= 15 is 0 Å². The van der Waals surface area contributed by atoms with E-state index in [1.165, 1.54) is 0 Å². The maximum absolute atomic E-state index is 13.8. The summed E-state index contributed by atoms with van der Waals surface area (Å²) in [5, 5.41) is 3.50. The van der Waals surface area contributed by atoms with Crippen LogP contribution in [0.4, 0.5) is 11.6 Å². The van der Waals surface area contributed by atoms with Crippen molar-refractivity contribution in [3.05, 3.63) is 17.5 Å². The summed E-state index contributed by atoms with van der Waals surface area (Å²) in [4.78, 5) is 43.6. The maximum atomic E-state index is 13.8. The van der Waals surface area contributed by atoms with Crippen LogP contribution in [-0.2, 0) is 9.59 Å². The first-order valence-electron chi connectivity index (χ1n) is 13.8. The lowest BCUT2D eigenvalue weighted by Crippen LogP contribution is -2.45. The molecule has 0 radical (unpaired) electrons. The number of Topliss-reactive ketones (excluding diaryl/α,β-unsaturated/α-hetero) is 2. The molecule has 2 aliphatic heterocycles. The van der Waals surface area contributed by atoms with Gasteiger partial charge in [-0.3, -0.25) is 9.59 Å². The van der Waals surface area contributed by atoms with Gasteiger partial charge in [0.2, 0.25) is 0 Å². The number of piperazine rings is 1. The number of carbonyl (C=O) groups is 2. The lowest BCUT2D eigenvalue weighted by Gasteiger charge is -2.38. The molecule has 1 aromatic rings. The Morgan fingerprint density at radius 2 is 1.75 bits per heavy atom. The first-order valence-corrected chi connectivity index (χ1v) is 13.8. The van der Waals surface area contributed by atoms with Crippen molar-refractivity contribution in [3.8, 4) is 0 Å². The number of ketones is 2. The van der Waals surface area contributed by atoms with Gasteiger partial charge in [0, 0.05) is 63.4 Å². The van der Waals surface area contributed by atoms with Crippen LogP contribution >= 0.6 is 0 Å².